The first-order valence-electron chi connectivity index (χ1n) is 5.85. The van der Waals surface area contributed by atoms with Gasteiger partial charge in [0.25, 0.3) is 5.91 Å². The number of carbonyl (C=O) groups is 2. The Kier molecular flexibility index (Phi) is 4.07. The van der Waals surface area contributed by atoms with Crippen LogP contribution in [0.1, 0.15) is 10.5 Å². The molecule has 0 bridgehead atoms. The van der Waals surface area contributed by atoms with Gasteiger partial charge in [-0.15, -0.1) is 5.10 Å². The Balaban J connectivity index is 2.14. The first-order valence-corrected chi connectivity index (χ1v) is 5.85. The molecule has 19 heavy (non-hydrogen) atoms. The third kappa shape index (κ3) is 2.88. The number of amides is 1. The largest absolute Gasteiger partial charge is 0.480 e. The maximum atomic E-state index is 12.2. The van der Waals surface area contributed by atoms with Gasteiger partial charge >= 0.3 is 5.97 Å². The van der Waals surface area contributed by atoms with Gasteiger partial charge in [0.1, 0.15) is 0 Å². The zero-order valence-electron chi connectivity index (χ0n) is 10.2. The molecule has 1 unspecified atom stereocenters. The van der Waals surface area contributed by atoms with Crippen LogP contribution in [0.5, 0.6) is 0 Å². The van der Waals surface area contributed by atoms with Crippen molar-refractivity contribution in [2.75, 3.05) is 26.3 Å². The third-order valence-corrected chi connectivity index (χ3v) is 2.79. The van der Waals surface area contributed by atoms with E-state index in [0.717, 1.165) is 0 Å². The molecule has 0 aliphatic carbocycles. The van der Waals surface area contributed by atoms with Gasteiger partial charge in [-0.25, -0.2) is 4.79 Å². The topological polar surface area (TPSA) is 124 Å². The standard InChI is InChI=1S/C10H15N5O4/c11-1-2-14-5-7(12-13-14)9(16)15-3-4-19-6-8(15)10(17)18/h5,8H,1-4,6,11H2,(H,17,18). The molecule has 0 radical (unpaired) electrons. The van der Waals surface area contributed by atoms with E-state index < -0.39 is 17.9 Å². The highest BCUT2D eigenvalue weighted by molar-refractivity contribution is 5.94. The van der Waals surface area contributed by atoms with Crippen LogP contribution in [0.3, 0.4) is 0 Å². The summed E-state index contributed by atoms with van der Waals surface area (Å²) in [4.78, 5) is 24.5. The van der Waals surface area contributed by atoms with Crippen LogP contribution < -0.4 is 5.73 Å². The lowest BCUT2D eigenvalue weighted by atomic mass is 10.2. The Morgan fingerprint density at radius 3 is 3.05 bits per heavy atom. The molecule has 0 aromatic carbocycles. The minimum absolute atomic E-state index is 0.0159. The van der Waals surface area contributed by atoms with Crippen LogP contribution in [0.15, 0.2) is 6.20 Å². The summed E-state index contributed by atoms with van der Waals surface area (Å²) in [6, 6.07) is -0.985. The van der Waals surface area contributed by atoms with Crippen LogP contribution in [0.25, 0.3) is 0 Å². The Hall–Kier alpha value is -2.00. The van der Waals surface area contributed by atoms with Crippen molar-refractivity contribution >= 4 is 11.9 Å². The van der Waals surface area contributed by atoms with Crippen LogP contribution in [0.2, 0.25) is 0 Å². The summed E-state index contributed by atoms with van der Waals surface area (Å²) >= 11 is 0. The van der Waals surface area contributed by atoms with Crippen molar-refractivity contribution in [2.24, 2.45) is 5.73 Å². The molecule has 1 saturated heterocycles. The lowest BCUT2D eigenvalue weighted by Gasteiger charge is -2.32. The lowest BCUT2D eigenvalue weighted by Crippen LogP contribution is -2.52. The fraction of sp³-hybridized carbons (Fsp3) is 0.600. The van der Waals surface area contributed by atoms with Crippen molar-refractivity contribution in [3.05, 3.63) is 11.9 Å². The number of hydrogen-bond donors (Lipinski definition) is 2. The Bertz CT molecular complexity index is 474. The fourth-order valence-corrected chi connectivity index (χ4v) is 1.84. The average molecular weight is 269 g/mol. The molecule has 1 atom stereocenters. The van der Waals surface area contributed by atoms with Crippen molar-refractivity contribution in [2.45, 2.75) is 12.6 Å². The van der Waals surface area contributed by atoms with Crippen LogP contribution in [-0.2, 0) is 16.1 Å². The number of rotatable bonds is 4. The molecule has 9 nitrogen and oxygen atoms in total. The van der Waals surface area contributed by atoms with Crippen LogP contribution in [0, 0.1) is 0 Å². The predicted molar refractivity (Wildman–Crippen MR) is 62.4 cm³/mol. The number of nitrogens with two attached hydrogens (primary N) is 1. The molecular formula is C10H15N5O4. The monoisotopic (exact) mass is 269 g/mol. The molecule has 1 aromatic heterocycles. The molecule has 0 saturated carbocycles. The van der Waals surface area contributed by atoms with Gasteiger partial charge in [-0.05, 0) is 0 Å². The van der Waals surface area contributed by atoms with Crippen LogP contribution in [0.4, 0.5) is 0 Å². The number of nitrogens with zero attached hydrogens (tertiary/aromatic N) is 4. The Morgan fingerprint density at radius 1 is 1.58 bits per heavy atom. The third-order valence-electron chi connectivity index (χ3n) is 2.79. The lowest BCUT2D eigenvalue weighted by molar-refractivity contribution is -0.147. The predicted octanol–water partition coefficient (Wildman–Crippen LogP) is -1.84. The van der Waals surface area contributed by atoms with E-state index in [0.29, 0.717) is 19.7 Å². The second-order valence-electron chi connectivity index (χ2n) is 4.08. The molecule has 1 amide bonds. The Morgan fingerprint density at radius 2 is 2.37 bits per heavy atom. The van der Waals surface area contributed by atoms with Crippen molar-refractivity contribution in [1.82, 2.24) is 19.9 Å². The first kappa shape index (κ1) is 13.4. The fourth-order valence-electron chi connectivity index (χ4n) is 1.84. The van der Waals surface area contributed by atoms with E-state index in [1.807, 2.05) is 0 Å². The number of aromatic nitrogens is 3. The smallest absolute Gasteiger partial charge is 0.328 e. The molecular weight excluding hydrogens is 254 g/mol. The van der Waals surface area contributed by atoms with Crippen LogP contribution in [-0.4, -0.2) is 69.2 Å². The van der Waals surface area contributed by atoms with Gasteiger partial charge in [0.05, 0.1) is 26.0 Å². The number of carboxylic acid groups (broad SMARTS) is 1. The minimum Gasteiger partial charge on any atom is -0.480 e. The number of carbonyl (C=O) groups excluding carboxylic acids is 1. The van der Waals surface area contributed by atoms with Crippen molar-refractivity contribution < 1.29 is 19.4 Å². The average Bonchev–Trinajstić information content (AvgIpc) is 2.87. The zero-order chi connectivity index (χ0) is 13.8. The SMILES string of the molecule is NCCn1cc(C(=O)N2CCOCC2C(=O)O)nn1. The van der Waals surface area contributed by atoms with E-state index in [9.17, 15) is 9.59 Å². The normalized spacial score (nSPS) is 19.4. The molecule has 0 spiro atoms. The van der Waals surface area contributed by atoms with Gasteiger partial charge in [0.2, 0.25) is 0 Å². The number of hydrogen-bond acceptors (Lipinski definition) is 6. The van der Waals surface area contributed by atoms with Gasteiger partial charge in [-0.2, -0.15) is 0 Å². The minimum atomic E-state index is -1.09. The highest BCUT2D eigenvalue weighted by Gasteiger charge is 2.34. The zero-order valence-corrected chi connectivity index (χ0v) is 10.2. The maximum absolute atomic E-state index is 12.2. The molecule has 1 aliphatic rings. The van der Waals surface area contributed by atoms with Crippen LogP contribution >= 0.6 is 0 Å². The number of ether oxygens (including phenoxy) is 1. The summed E-state index contributed by atoms with van der Waals surface area (Å²) in [5, 5.41) is 16.6. The van der Waals surface area contributed by atoms with Gasteiger partial charge in [-0.3, -0.25) is 9.48 Å². The molecule has 9 heteroatoms. The summed E-state index contributed by atoms with van der Waals surface area (Å²) in [5.41, 5.74) is 5.48. The molecule has 104 valence electrons. The summed E-state index contributed by atoms with van der Waals surface area (Å²) in [7, 11) is 0. The summed E-state index contributed by atoms with van der Waals surface area (Å²) in [6.45, 7) is 1.35. The molecule has 3 N–H and O–H groups in total. The van der Waals surface area contributed by atoms with E-state index >= 15 is 0 Å². The first-order chi connectivity index (χ1) is 9.13. The second kappa shape index (κ2) is 5.76. The summed E-state index contributed by atoms with van der Waals surface area (Å²) in [5.74, 6) is -1.55. The number of morpholine rings is 1. The van der Waals surface area contributed by atoms with Gasteiger partial charge in [0.15, 0.2) is 11.7 Å². The van der Waals surface area contributed by atoms with E-state index in [1.54, 1.807) is 0 Å². The molecule has 2 heterocycles. The summed E-state index contributed by atoms with van der Waals surface area (Å²) in [6.07, 6.45) is 1.46. The van der Waals surface area contributed by atoms with E-state index in [4.69, 9.17) is 15.6 Å². The maximum Gasteiger partial charge on any atom is 0.328 e. The highest BCUT2D eigenvalue weighted by Crippen LogP contribution is 2.11. The van der Waals surface area contributed by atoms with Gasteiger partial charge in [-0.1, -0.05) is 5.21 Å². The second-order valence-corrected chi connectivity index (χ2v) is 4.08. The number of aliphatic carboxylic acids is 1. The quantitative estimate of drug-likeness (QED) is 0.658. The van der Waals surface area contributed by atoms with Gasteiger partial charge in [0, 0.05) is 13.1 Å². The molecule has 1 aliphatic heterocycles. The molecule has 1 fully saturated rings. The number of carboxylic acids is 1. The Labute approximate surface area is 108 Å². The van der Waals surface area contributed by atoms with E-state index in [1.165, 1.54) is 15.8 Å². The summed E-state index contributed by atoms with van der Waals surface area (Å²) < 4.78 is 6.52. The molecule has 1 aromatic rings. The van der Waals surface area contributed by atoms with Crippen molar-refractivity contribution in [3.8, 4) is 0 Å². The van der Waals surface area contributed by atoms with Crippen molar-refractivity contribution in [1.29, 1.82) is 0 Å². The van der Waals surface area contributed by atoms with Crippen molar-refractivity contribution in [3.63, 3.8) is 0 Å². The van der Waals surface area contributed by atoms with E-state index in [-0.39, 0.29) is 18.8 Å². The van der Waals surface area contributed by atoms with Gasteiger partial charge < -0.3 is 20.5 Å². The highest BCUT2D eigenvalue weighted by atomic mass is 16.5. The molecule has 2 rings (SSSR count). The van der Waals surface area contributed by atoms with E-state index in [2.05, 4.69) is 10.3 Å².